The summed E-state index contributed by atoms with van der Waals surface area (Å²) in [5, 5.41) is 0.661. The highest BCUT2D eigenvalue weighted by Gasteiger charge is 2.07. The van der Waals surface area contributed by atoms with E-state index in [0.29, 0.717) is 5.02 Å². The zero-order valence-corrected chi connectivity index (χ0v) is 11.2. The number of carbonyl (C=O) groups is 1. The first-order chi connectivity index (χ1) is 9.20. The first kappa shape index (κ1) is 13.4. The number of ether oxygens (including phenoxy) is 1. The molecule has 0 radical (unpaired) electrons. The second-order valence-electron chi connectivity index (χ2n) is 3.95. The van der Waals surface area contributed by atoms with Crippen molar-refractivity contribution in [2.75, 3.05) is 7.11 Å². The molecule has 0 saturated carbocycles. The van der Waals surface area contributed by atoms with Gasteiger partial charge in [-0.15, -0.1) is 0 Å². The minimum atomic E-state index is -0.381. The molecule has 2 aromatic rings. The number of methoxy groups -OCH3 is 1. The fourth-order valence-electron chi connectivity index (χ4n) is 1.76. The van der Waals surface area contributed by atoms with Crippen molar-refractivity contribution < 1.29 is 9.53 Å². The maximum absolute atomic E-state index is 11.5. The first-order valence-electron chi connectivity index (χ1n) is 5.81. The van der Waals surface area contributed by atoms with E-state index in [4.69, 9.17) is 16.3 Å². The molecule has 0 aliphatic heterocycles. The van der Waals surface area contributed by atoms with Gasteiger partial charge in [0.15, 0.2) is 0 Å². The van der Waals surface area contributed by atoms with Crippen molar-refractivity contribution in [2.24, 2.45) is 0 Å². The van der Waals surface area contributed by atoms with Gasteiger partial charge in [-0.3, -0.25) is 0 Å². The van der Waals surface area contributed by atoms with Gasteiger partial charge in [0, 0.05) is 11.1 Å². The average Bonchev–Trinajstić information content (AvgIpc) is 2.46. The minimum Gasteiger partial charge on any atom is -0.466 e. The summed E-state index contributed by atoms with van der Waals surface area (Å²) in [4.78, 5) is 11.5. The predicted molar refractivity (Wildman–Crippen MR) is 77.0 cm³/mol. The summed E-state index contributed by atoms with van der Waals surface area (Å²) < 4.78 is 4.71. The fraction of sp³-hybridized carbons (Fsp3) is 0.0625. The van der Waals surface area contributed by atoms with Gasteiger partial charge in [0.25, 0.3) is 0 Å². The smallest absolute Gasteiger partial charge is 0.331 e. The van der Waals surface area contributed by atoms with Crippen LogP contribution in [0.3, 0.4) is 0 Å². The monoisotopic (exact) mass is 272 g/mol. The second kappa shape index (κ2) is 6.21. The molecule has 0 fully saturated rings. The molecule has 0 atom stereocenters. The van der Waals surface area contributed by atoms with E-state index in [2.05, 4.69) is 0 Å². The molecule has 0 aliphatic rings. The molecule has 19 heavy (non-hydrogen) atoms. The first-order valence-corrected chi connectivity index (χ1v) is 6.19. The molecule has 0 spiro atoms. The molecule has 0 saturated heterocycles. The van der Waals surface area contributed by atoms with Gasteiger partial charge >= 0.3 is 5.97 Å². The third kappa shape index (κ3) is 3.46. The van der Waals surface area contributed by atoms with Crippen molar-refractivity contribution in [2.45, 2.75) is 0 Å². The van der Waals surface area contributed by atoms with Crippen LogP contribution in [0.4, 0.5) is 0 Å². The Kier molecular flexibility index (Phi) is 4.37. The lowest BCUT2D eigenvalue weighted by Gasteiger charge is -2.08. The van der Waals surface area contributed by atoms with E-state index in [9.17, 15) is 4.79 Å². The van der Waals surface area contributed by atoms with Gasteiger partial charge < -0.3 is 4.74 Å². The van der Waals surface area contributed by atoms with Crippen LogP contribution >= 0.6 is 11.6 Å². The van der Waals surface area contributed by atoms with Gasteiger partial charge in [-0.25, -0.2) is 4.79 Å². The van der Waals surface area contributed by atoms with Gasteiger partial charge in [0.2, 0.25) is 0 Å². The molecule has 0 aromatic heterocycles. The number of halogens is 1. The highest BCUT2D eigenvalue weighted by atomic mass is 35.5. The molecular weight excluding hydrogens is 260 g/mol. The SMILES string of the molecule is COC(=O)/C=C(\c1ccccc1)c1ccc(Cl)cc1. The Morgan fingerprint density at radius 2 is 1.58 bits per heavy atom. The number of hydrogen-bond acceptors (Lipinski definition) is 2. The Hall–Kier alpha value is -2.06. The zero-order chi connectivity index (χ0) is 13.7. The second-order valence-corrected chi connectivity index (χ2v) is 4.39. The Morgan fingerprint density at radius 1 is 1.00 bits per heavy atom. The molecule has 2 nitrogen and oxygen atoms in total. The molecule has 2 rings (SSSR count). The highest BCUT2D eigenvalue weighted by molar-refractivity contribution is 6.30. The third-order valence-electron chi connectivity index (χ3n) is 2.70. The van der Waals surface area contributed by atoms with Crippen molar-refractivity contribution in [3.05, 3.63) is 76.8 Å². The summed E-state index contributed by atoms with van der Waals surface area (Å²) in [5.41, 5.74) is 2.68. The normalized spacial score (nSPS) is 11.2. The predicted octanol–water partition coefficient (Wildman–Crippen LogP) is 3.94. The maximum Gasteiger partial charge on any atom is 0.331 e. The molecule has 3 heteroatoms. The van der Waals surface area contributed by atoms with Crippen molar-refractivity contribution in [3.63, 3.8) is 0 Å². The van der Waals surface area contributed by atoms with Gasteiger partial charge in [0.05, 0.1) is 7.11 Å². The lowest BCUT2D eigenvalue weighted by molar-refractivity contribution is -0.134. The summed E-state index contributed by atoms with van der Waals surface area (Å²) in [5.74, 6) is -0.381. The van der Waals surface area contributed by atoms with Crippen molar-refractivity contribution in [1.82, 2.24) is 0 Å². The van der Waals surface area contributed by atoms with Gasteiger partial charge in [0.1, 0.15) is 0 Å². The minimum absolute atomic E-state index is 0.381. The number of carbonyl (C=O) groups excluding carboxylic acids is 1. The van der Waals surface area contributed by atoms with Gasteiger partial charge in [-0.1, -0.05) is 54.1 Å². The van der Waals surface area contributed by atoms with Crippen LogP contribution in [-0.2, 0) is 9.53 Å². The quantitative estimate of drug-likeness (QED) is 0.625. The standard InChI is InChI=1S/C16H13ClO2/c1-19-16(18)11-15(12-5-3-2-4-6-12)13-7-9-14(17)10-8-13/h2-11H,1H3/b15-11+. The third-order valence-corrected chi connectivity index (χ3v) is 2.96. The van der Waals surface area contributed by atoms with Crippen LogP contribution in [0.1, 0.15) is 11.1 Å². The fourth-order valence-corrected chi connectivity index (χ4v) is 1.88. The lowest BCUT2D eigenvalue weighted by Crippen LogP contribution is -1.98. The van der Waals surface area contributed by atoms with Crippen LogP contribution in [0, 0.1) is 0 Å². The summed E-state index contributed by atoms with van der Waals surface area (Å²) >= 11 is 5.88. The van der Waals surface area contributed by atoms with Crippen LogP contribution in [0.2, 0.25) is 5.02 Å². The van der Waals surface area contributed by atoms with Crippen molar-refractivity contribution in [1.29, 1.82) is 0 Å². The molecule has 0 N–H and O–H groups in total. The van der Waals surface area contributed by atoms with E-state index in [0.717, 1.165) is 16.7 Å². The summed E-state index contributed by atoms with van der Waals surface area (Å²) in [6.07, 6.45) is 1.48. The van der Waals surface area contributed by atoms with Crippen LogP contribution in [0.5, 0.6) is 0 Å². The van der Waals surface area contributed by atoms with Crippen LogP contribution in [0.15, 0.2) is 60.7 Å². The Bertz CT molecular complexity index is 586. The summed E-state index contributed by atoms with van der Waals surface area (Å²) in [7, 11) is 1.36. The van der Waals surface area contributed by atoms with Gasteiger partial charge in [-0.2, -0.15) is 0 Å². The van der Waals surface area contributed by atoms with E-state index in [1.54, 1.807) is 12.1 Å². The van der Waals surface area contributed by atoms with E-state index in [-0.39, 0.29) is 5.97 Å². The largest absolute Gasteiger partial charge is 0.466 e. The maximum atomic E-state index is 11.5. The molecule has 0 heterocycles. The van der Waals surface area contributed by atoms with Crippen molar-refractivity contribution >= 4 is 23.1 Å². The number of esters is 1. The number of benzene rings is 2. The molecule has 96 valence electrons. The van der Waals surface area contributed by atoms with E-state index < -0.39 is 0 Å². The molecule has 0 aliphatic carbocycles. The number of rotatable bonds is 3. The molecule has 0 amide bonds. The topological polar surface area (TPSA) is 26.3 Å². The van der Waals surface area contributed by atoms with Crippen LogP contribution in [-0.4, -0.2) is 13.1 Å². The average molecular weight is 273 g/mol. The molecular formula is C16H13ClO2. The van der Waals surface area contributed by atoms with Crippen LogP contribution in [0.25, 0.3) is 5.57 Å². The summed E-state index contributed by atoms with van der Waals surface area (Å²) in [6, 6.07) is 17.0. The van der Waals surface area contributed by atoms with E-state index >= 15 is 0 Å². The van der Waals surface area contributed by atoms with Gasteiger partial charge in [-0.05, 0) is 28.8 Å². The molecule has 0 unspecified atom stereocenters. The Labute approximate surface area is 117 Å². The lowest BCUT2D eigenvalue weighted by atomic mass is 9.98. The molecule has 0 bridgehead atoms. The van der Waals surface area contributed by atoms with Crippen molar-refractivity contribution in [3.8, 4) is 0 Å². The van der Waals surface area contributed by atoms with E-state index in [1.807, 2.05) is 42.5 Å². The summed E-state index contributed by atoms with van der Waals surface area (Å²) in [6.45, 7) is 0. The highest BCUT2D eigenvalue weighted by Crippen LogP contribution is 2.24. The molecule has 2 aromatic carbocycles. The number of hydrogen-bond donors (Lipinski definition) is 0. The van der Waals surface area contributed by atoms with Crippen LogP contribution < -0.4 is 0 Å². The Morgan fingerprint density at radius 3 is 2.16 bits per heavy atom. The zero-order valence-electron chi connectivity index (χ0n) is 10.5. The Balaban J connectivity index is 2.49. The van der Waals surface area contributed by atoms with E-state index in [1.165, 1.54) is 13.2 Å².